The third kappa shape index (κ3) is 2.30. The summed E-state index contributed by atoms with van der Waals surface area (Å²) in [6.07, 6.45) is -0.973. The molecule has 1 aliphatic heterocycles. The van der Waals surface area contributed by atoms with Gasteiger partial charge in [-0.25, -0.2) is 13.6 Å². The van der Waals surface area contributed by atoms with Crippen LogP contribution in [0.2, 0.25) is 0 Å². The Morgan fingerprint density at radius 2 is 1.94 bits per heavy atom. The summed E-state index contributed by atoms with van der Waals surface area (Å²) in [4.78, 5) is 13.2. The minimum absolute atomic E-state index is 0.0175. The van der Waals surface area contributed by atoms with Crippen molar-refractivity contribution < 1.29 is 18.3 Å². The van der Waals surface area contributed by atoms with Crippen molar-refractivity contribution >= 4 is 6.09 Å². The van der Waals surface area contributed by atoms with Crippen LogP contribution < -0.4 is 0 Å². The fraction of sp³-hybridized carbons (Fsp3) is 0.462. The normalized spacial score (nSPS) is 20.2. The molecule has 0 spiro atoms. The van der Waals surface area contributed by atoms with Crippen molar-refractivity contribution in [2.75, 3.05) is 6.54 Å². The average molecular weight is 255 g/mol. The Hall–Kier alpha value is -1.65. The predicted octanol–water partition coefficient (Wildman–Crippen LogP) is 3.26. The zero-order valence-electron chi connectivity index (χ0n) is 10.3. The lowest BCUT2D eigenvalue weighted by Gasteiger charge is -2.34. The standard InChI is InChI=1S/C13H15F2NO2/c1-8(2)16-7-6-11(18-13(16)17)12-9(14)4-3-5-10(12)15/h3-5,8,11H,6-7H2,1-2H3/t11-/m0/s1. The monoisotopic (exact) mass is 255 g/mol. The zero-order chi connectivity index (χ0) is 13.3. The molecule has 98 valence electrons. The van der Waals surface area contributed by atoms with E-state index in [1.807, 2.05) is 13.8 Å². The van der Waals surface area contributed by atoms with Crippen molar-refractivity contribution in [1.29, 1.82) is 0 Å². The number of amides is 1. The highest BCUT2D eigenvalue weighted by Gasteiger charge is 2.32. The Kier molecular flexibility index (Phi) is 3.50. The summed E-state index contributed by atoms with van der Waals surface area (Å²) in [7, 11) is 0. The van der Waals surface area contributed by atoms with Crippen LogP contribution >= 0.6 is 0 Å². The molecule has 1 atom stereocenters. The second-order valence-electron chi connectivity index (χ2n) is 4.58. The topological polar surface area (TPSA) is 29.5 Å². The van der Waals surface area contributed by atoms with E-state index in [0.717, 1.165) is 0 Å². The van der Waals surface area contributed by atoms with E-state index in [4.69, 9.17) is 4.74 Å². The lowest BCUT2D eigenvalue weighted by molar-refractivity contribution is 0.0122. The lowest BCUT2D eigenvalue weighted by Crippen LogP contribution is -2.43. The molecule has 1 fully saturated rings. The number of hydrogen-bond acceptors (Lipinski definition) is 2. The van der Waals surface area contributed by atoms with Gasteiger partial charge in [-0.1, -0.05) is 6.07 Å². The molecule has 0 radical (unpaired) electrons. The highest BCUT2D eigenvalue weighted by atomic mass is 19.1. The van der Waals surface area contributed by atoms with E-state index in [1.54, 1.807) is 0 Å². The quantitative estimate of drug-likeness (QED) is 0.811. The van der Waals surface area contributed by atoms with Gasteiger partial charge in [0.2, 0.25) is 0 Å². The maximum atomic E-state index is 13.6. The molecule has 1 heterocycles. The van der Waals surface area contributed by atoms with Crippen LogP contribution in [0.3, 0.4) is 0 Å². The Balaban J connectivity index is 2.20. The first-order valence-corrected chi connectivity index (χ1v) is 5.92. The van der Waals surface area contributed by atoms with Crippen LogP contribution in [0.15, 0.2) is 18.2 Å². The number of hydrogen-bond donors (Lipinski definition) is 0. The molecular weight excluding hydrogens is 240 g/mol. The molecule has 1 aromatic carbocycles. The molecule has 5 heteroatoms. The number of carbonyl (C=O) groups is 1. The number of nitrogens with zero attached hydrogens (tertiary/aromatic N) is 1. The van der Waals surface area contributed by atoms with E-state index in [2.05, 4.69) is 0 Å². The van der Waals surface area contributed by atoms with Crippen LogP contribution in [-0.2, 0) is 4.74 Å². The van der Waals surface area contributed by atoms with Crippen LogP contribution in [-0.4, -0.2) is 23.6 Å². The average Bonchev–Trinajstić information content (AvgIpc) is 2.28. The number of halogens is 2. The van der Waals surface area contributed by atoms with Gasteiger partial charge in [0.25, 0.3) is 0 Å². The lowest BCUT2D eigenvalue weighted by atomic mass is 10.0. The van der Waals surface area contributed by atoms with E-state index >= 15 is 0 Å². The molecule has 0 saturated carbocycles. The van der Waals surface area contributed by atoms with Gasteiger partial charge in [-0.3, -0.25) is 0 Å². The third-order valence-electron chi connectivity index (χ3n) is 3.05. The fourth-order valence-electron chi connectivity index (χ4n) is 2.09. The summed E-state index contributed by atoms with van der Waals surface area (Å²) in [5.41, 5.74) is -0.158. The summed E-state index contributed by atoms with van der Waals surface area (Å²) in [5.74, 6) is -1.35. The van der Waals surface area contributed by atoms with E-state index in [1.165, 1.54) is 23.1 Å². The van der Waals surface area contributed by atoms with Gasteiger partial charge in [0.1, 0.15) is 17.7 Å². The second kappa shape index (κ2) is 4.92. The molecule has 3 nitrogen and oxygen atoms in total. The SMILES string of the molecule is CC(C)N1CC[C@@H](c2c(F)cccc2F)OC1=O. The van der Waals surface area contributed by atoms with Gasteiger partial charge in [-0.05, 0) is 26.0 Å². The molecule has 1 saturated heterocycles. The highest BCUT2D eigenvalue weighted by Crippen LogP contribution is 2.31. The molecule has 1 aliphatic rings. The molecule has 0 bridgehead atoms. The number of ether oxygens (including phenoxy) is 1. The van der Waals surface area contributed by atoms with Gasteiger partial charge >= 0.3 is 6.09 Å². The summed E-state index contributed by atoms with van der Waals surface area (Å²) < 4.78 is 32.3. The minimum atomic E-state index is -0.839. The molecule has 0 aliphatic carbocycles. The molecule has 0 N–H and O–H groups in total. The highest BCUT2D eigenvalue weighted by molar-refractivity contribution is 5.69. The van der Waals surface area contributed by atoms with Crippen LogP contribution in [0.5, 0.6) is 0 Å². The summed E-state index contributed by atoms with van der Waals surface area (Å²) >= 11 is 0. The second-order valence-corrected chi connectivity index (χ2v) is 4.58. The number of rotatable bonds is 2. The first-order valence-electron chi connectivity index (χ1n) is 5.92. The summed E-state index contributed by atoms with van der Waals surface area (Å²) in [6.45, 7) is 4.17. The van der Waals surface area contributed by atoms with E-state index in [-0.39, 0.29) is 11.6 Å². The predicted molar refractivity (Wildman–Crippen MR) is 62.0 cm³/mol. The van der Waals surface area contributed by atoms with Crippen molar-refractivity contribution in [2.24, 2.45) is 0 Å². The first-order chi connectivity index (χ1) is 8.50. The van der Waals surface area contributed by atoms with Gasteiger partial charge in [0.05, 0.1) is 5.56 Å². The molecular formula is C13H15F2NO2. The summed E-state index contributed by atoms with van der Waals surface area (Å²) in [6, 6.07) is 3.64. The maximum absolute atomic E-state index is 13.6. The molecule has 0 unspecified atom stereocenters. The molecule has 1 aromatic rings. The van der Waals surface area contributed by atoms with Gasteiger partial charge in [-0.15, -0.1) is 0 Å². The number of benzene rings is 1. The fourth-order valence-corrected chi connectivity index (χ4v) is 2.09. The van der Waals surface area contributed by atoms with Crippen LogP contribution in [0.25, 0.3) is 0 Å². The van der Waals surface area contributed by atoms with E-state index < -0.39 is 23.8 Å². The molecule has 1 amide bonds. The van der Waals surface area contributed by atoms with Gasteiger partial charge in [-0.2, -0.15) is 0 Å². The van der Waals surface area contributed by atoms with Crippen molar-refractivity contribution in [3.63, 3.8) is 0 Å². The van der Waals surface area contributed by atoms with Crippen LogP contribution in [0.1, 0.15) is 31.9 Å². The van der Waals surface area contributed by atoms with Crippen molar-refractivity contribution in [3.05, 3.63) is 35.4 Å². The van der Waals surface area contributed by atoms with Gasteiger partial charge in [0, 0.05) is 19.0 Å². The van der Waals surface area contributed by atoms with E-state index in [0.29, 0.717) is 13.0 Å². The molecule has 0 aromatic heterocycles. The largest absolute Gasteiger partial charge is 0.441 e. The van der Waals surface area contributed by atoms with Crippen LogP contribution in [0, 0.1) is 11.6 Å². The zero-order valence-corrected chi connectivity index (χ0v) is 10.3. The van der Waals surface area contributed by atoms with Crippen molar-refractivity contribution in [1.82, 2.24) is 4.90 Å². The number of carbonyl (C=O) groups excluding carboxylic acids is 1. The minimum Gasteiger partial charge on any atom is -0.441 e. The Bertz CT molecular complexity index is 442. The van der Waals surface area contributed by atoms with Crippen LogP contribution in [0.4, 0.5) is 13.6 Å². The van der Waals surface area contributed by atoms with Gasteiger partial charge in [0.15, 0.2) is 0 Å². The van der Waals surface area contributed by atoms with Crippen molar-refractivity contribution in [2.45, 2.75) is 32.4 Å². The smallest absolute Gasteiger partial charge is 0.410 e. The third-order valence-corrected chi connectivity index (χ3v) is 3.05. The first kappa shape index (κ1) is 12.8. The Morgan fingerprint density at radius 3 is 2.44 bits per heavy atom. The van der Waals surface area contributed by atoms with E-state index in [9.17, 15) is 13.6 Å². The Labute approximate surface area is 104 Å². The number of cyclic esters (lactones) is 1. The summed E-state index contributed by atoms with van der Waals surface area (Å²) in [5, 5.41) is 0. The molecule has 2 rings (SSSR count). The van der Waals surface area contributed by atoms with Gasteiger partial charge < -0.3 is 9.64 Å². The Morgan fingerprint density at radius 1 is 1.33 bits per heavy atom. The molecule has 18 heavy (non-hydrogen) atoms. The van der Waals surface area contributed by atoms with Crippen molar-refractivity contribution in [3.8, 4) is 0 Å². The maximum Gasteiger partial charge on any atom is 0.410 e.